The van der Waals surface area contributed by atoms with E-state index in [1.54, 1.807) is 23.3 Å². The molecule has 3 rings (SSSR count). The number of halogens is 2. The number of benzene rings is 1. The van der Waals surface area contributed by atoms with Crippen molar-refractivity contribution in [1.29, 1.82) is 0 Å². The summed E-state index contributed by atoms with van der Waals surface area (Å²) in [5, 5.41) is 2.82. The number of fused-ring (bicyclic) bond motifs is 1. The third-order valence-electron chi connectivity index (χ3n) is 3.05. The van der Waals surface area contributed by atoms with E-state index in [4.69, 9.17) is 0 Å². The summed E-state index contributed by atoms with van der Waals surface area (Å²) in [6.07, 6.45) is 10.0. The summed E-state index contributed by atoms with van der Waals surface area (Å²) in [6, 6.07) is 8.91. The largest absolute Gasteiger partial charge is 1.00 e. The zero-order valence-electron chi connectivity index (χ0n) is 14.5. The van der Waals surface area contributed by atoms with E-state index < -0.39 is 0 Å². The first kappa shape index (κ1) is 25.2. The van der Waals surface area contributed by atoms with Gasteiger partial charge in [-0.1, -0.05) is 25.5 Å². The van der Waals surface area contributed by atoms with E-state index in [1.807, 2.05) is 12.2 Å². The summed E-state index contributed by atoms with van der Waals surface area (Å²) < 4.78 is 0. The molecule has 0 aromatic heterocycles. The van der Waals surface area contributed by atoms with E-state index in [9.17, 15) is 0 Å². The Morgan fingerprint density at radius 1 is 1.09 bits per heavy atom. The Kier molecular flexibility index (Phi) is 14.6. The number of allylic oxidation sites excluding steroid dienone is 4. The molecule has 0 saturated carbocycles. The van der Waals surface area contributed by atoms with Gasteiger partial charge < -0.3 is 24.8 Å². The molecule has 0 spiro atoms. The fourth-order valence-electron chi connectivity index (χ4n) is 2.07. The van der Waals surface area contributed by atoms with Crippen molar-refractivity contribution in [2.24, 2.45) is 0 Å². The van der Waals surface area contributed by atoms with Crippen LogP contribution in [0, 0.1) is 26.8 Å². The molecule has 0 atom stereocenters. The minimum absolute atomic E-state index is 0. The smallest absolute Gasteiger partial charge is 0.0488 e. The molecule has 0 unspecified atom stereocenters. The fourth-order valence-corrected chi connectivity index (χ4v) is 2.07. The Bertz CT molecular complexity index is 616. The predicted molar refractivity (Wildman–Crippen MR) is 92.8 cm³/mol. The molecular weight excluding hydrogens is 418 g/mol. The maximum atomic E-state index is 2.99. The van der Waals surface area contributed by atoms with E-state index in [2.05, 4.69) is 70.3 Å². The van der Waals surface area contributed by atoms with Crippen LogP contribution in [0.3, 0.4) is 0 Å². The van der Waals surface area contributed by atoms with Gasteiger partial charge in [0.1, 0.15) is 0 Å². The molecule has 0 N–H and O–H groups in total. The topological polar surface area (TPSA) is 0 Å². The van der Waals surface area contributed by atoms with Crippen LogP contribution < -0.4 is 24.8 Å². The summed E-state index contributed by atoms with van der Waals surface area (Å²) >= 11 is 1.74. The summed E-state index contributed by atoms with van der Waals surface area (Å²) in [4.78, 5) is 0. The third kappa shape index (κ3) is 9.77. The van der Waals surface area contributed by atoms with Crippen LogP contribution in [0.15, 0.2) is 42.5 Å². The van der Waals surface area contributed by atoms with Crippen molar-refractivity contribution in [2.75, 3.05) is 0 Å². The first-order chi connectivity index (χ1) is 9.91. The normalized spacial score (nSPS) is 10.7. The SMILES string of the molecule is C[Si](C)=[Zr+2].Cc1cc2c(C)ccc(C)c2[cH-]1.[C-]1=CC=CC1.[Cl-].[Cl-]. The molecular formula is C19H24Cl2SiZr-2. The van der Waals surface area contributed by atoms with Crippen LogP contribution in [0.25, 0.3) is 10.8 Å². The number of hydrogen-bond acceptors (Lipinski definition) is 0. The average Bonchev–Trinajstić information content (AvgIpc) is 3.05. The van der Waals surface area contributed by atoms with Gasteiger partial charge in [0, 0.05) is 0 Å². The Labute approximate surface area is 169 Å². The predicted octanol–water partition coefficient (Wildman–Crippen LogP) is -0.418. The van der Waals surface area contributed by atoms with Gasteiger partial charge in [0.2, 0.25) is 0 Å². The van der Waals surface area contributed by atoms with Gasteiger partial charge in [-0.25, -0.2) is 12.2 Å². The molecule has 1 aliphatic rings. The summed E-state index contributed by atoms with van der Waals surface area (Å²) in [5.41, 5.74) is 4.33. The van der Waals surface area contributed by atoms with Crippen LogP contribution in [-0.4, -0.2) is 5.43 Å². The van der Waals surface area contributed by atoms with Gasteiger partial charge in [0.05, 0.1) is 0 Å². The number of rotatable bonds is 0. The molecule has 2 aromatic rings. The first-order valence-corrected chi connectivity index (χ1v) is 13.5. The van der Waals surface area contributed by atoms with Crippen molar-refractivity contribution in [3.8, 4) is 0 Å². The average molecular weight is 443 g/mol. The molecule has 0 saturated heterocycles. The van der Waals surface area contributed by atoms with Gasteiger partial charge in [-0.2, -0.15) is 12.1 Å². The fraction of sp³-hybridized carbons (Fsp3) is 0.316. The van der Waals surface area contributed by atoms with Gasteiger partial charge in [0.25, 0.3) is 0 Å². The van der Waals surface area contributed by atoms with Crippen LogP contribution >= 0.6 is 0 Å². The van der Waals surface area contributed by atoms with E-state index in [1.165, 1.54) is 27.5 Å². The van der Waals surface area contributed by atoms with Crippen molar-refractivity contribution in [2.45, 2.75) is 40.3 Å². The van der Waals surface area contributed by atoms with Crippen molar-refractivity contribution in [1.82, 2.24) is 0 Å². The van der Waals surface area contributed by atoms with E-state index in [-0.39, 0.29) is 30.2 Å². The minimum Gasteiger partial charge on any atom is -1.00 e. The standard InChI is InChI=1S/C12H13.C5H5.C2H6Si.2ClH.Zr/c1-8-6-11-9(2)4-5-10(3)12(11)7-8;1-2-4-5-3-1;1-3-2;;;/h4-7H,1-3H3;1-3H,4H2;1-2H3;2*1H;/q2*-1;;;;+2/p-2. The van der Waals surface area contributed by atoms with E-state index in [0.29, 0.717) is 0 Å². The maximum Gasteiger partial charge on any atom is -0.0488 e. The molecule has 124 valence electrons. The van der Waals surface area contributed by atoms with Crippen LogP contribution in [-0.2, 0) is 23.3 Å². The van der Waals surface area contributed by atoms with Crippen molar-refractivity contribution < 1.29 is 48.1 Å². The molecule has 0 fully saturated rings. The summed E-state index contributed by atoms with van der Waals surface area (Å²) in [6.45, 7) is 11.1. The van der Waals surface area contributed by atoms with Crippen LogP contribution in [0.5, 0.6) is 0 Å². The van der Waals surface area contributed by atoms with E-state index >= 15 is 0 Å². The zero-order valence-corrected chi connectivity index (χ0v) is 19.5. The van der Waals surface area contributed by atoms with Crippen molar-refractivity contribution in [3.05, 3.63) is 65.3 Å². The van der Waals surface area contributed by atoms with E-state index in [0.717, 1.165) is 6.42 Å². The summed E-state index contributed by atoms with van der Waals surface area (Å²) in [7, 11) is 0. The molecule has 0 amide bonds. The molecule has 2 aromatic carbocycles. The van der Waals surface area contributed by atoms with Gasteiger partial charge in [-0.3, -0.25) is 6.08 Å². The van der Waals surface area contributed by atoms with Crippen LogP contribution in [0.4, 0.5) is 0 Å². The Balaban J connectivity index is 0. The van der Waals surface area contributed by atoms with Gasteiger partial charge in [-0.15, -0.1) is 40.5 Å². The van der Waals surface area contributed by atoms with Gasteiger partial charge in [-0.05, 0) is 6.92 Å². The van der Waals surface area contributed by atoms with Gasteiger partial charge in [0.15, 0.2) is 0 Å². The zero-order chi connectivity index (χ0) is 15.8. The van der Waals surface area contributed by atoms with Crippen LogP contribution in [0.2, 0.25) is 13.1 Å². The Hall–Kier alpha value is -0.0100. The molecule has 23 heavy (non-hydrogen) atoms. The van der Waals surface area contributed by atoms with Crippen molar-refractivity contribution in [3.63, 3.8) is 0 Å². The molecule has 0 nitrogen and oxygen atoms in total. The number of hydrogen-bond donors (Lipinski definition) is 0. The monoisotopic (exact) mass is 440 g/mol. The minimum atomic E-state index is 0. The second-order valence-electron chi connectivity index (χ2n) is 5.56. The van der Waals surface area contributed by atoms with Gasteiger partial charge >= 0.3 is 41.9 Å². The molecule has 0 heterocycles. The maximum absolute atomic E-state index is 2.99. The van der Waals surface area contributed by atoms with Crippen molar-refractivity contribution >= 4 is 16.2 Å². The Morgan fingerprint density at radius 2 is 1.65 bits per heavy atom. The molecule has 0 radical (unpaired) electrons. The molecule has 0 bridgehead atoms. The molecule has 4 heteroatoms. The molecule has 0 aliphatic heterocycles. The first-order valence-electron chi connectivity index (χ1n) is 7.28. The second kappa shape index (κ2) is 13.3. The van der Waals surface area contributed by atoms with Crippen LogP contribution in [0.1, 0.15) is 23.1 Å². The number of aryl methyl sites for hydroxylation is 3. The molecule has 1 aliphatic carbocycles. The quantitative estimate of drug-likeness (QED) is 0.384. The summed E-state index contributed by atoms with van der Waals surface area (Å²) in [5.74, 6) is 0. The second-order valence-corrected chi connectivity index (χ2v) is 14.9. The Morgan fingerprint density at radius 3 is 2.04 bits per heavy atom. The third-order valence-corrected chi connectivity index (χ3v) is 3.05.